The third kappa shape index (κ3) is 2.91. The molecule has 18 heavy (non-hydrogen) atoms. The summed E-state index contributed by atoms with van der Waals surface area (Å²) >= 11 is 0. The standard InChI is InChI=1S/C15H22N2O/c1-11-4-3-9-17(10-11)14-7-5-13(6-8-14)15(18)12(2)16/h5-8,11-12H,3-4,9-10,16H2,1-2H3. The Labute approximate surface area is 109 Å². The molecule has 2 atom stereocenters. The molecule has 0 aliphatic carbocycles. The summed E-state index contributed by atoms with van der Waals surface area (Å²) in [7, 11) is 0. The Morgan fingerprint density at radius 2 is 2.06 bits per heavy atom. The predicted molar refractivity (Wildman–Crippen MR) is 75.0 cm³/mol. The van der Waals surface area contributed by atoms with Gasteiger partial charge in [0, 0.05) is 24.3 Å². The molecule has 1 aromatic rings. The summed E-state index contributed by atoms with van der Waals surface area (Å²) in [5, 5.41) is 0. The van der Waals surface area contributed by atoms with Crippen LogP contribution in [0.4, 0.5) is 5.69 Å². The molecular weight excluding hydrogens is 224 g/mol. The molecular formula is C15H22N2O. The first-order chi connectivity index (χ1) is 8.58. The van der Waals surface area contributed by atoms with Crippen LogP contribution in [0.5, 0.6) is 0 Å². The molecule has 0 aromatic heterocycles. The van der Waals surface area contributed by atoms with Crippen molar-refractivity contribution in [2.75, 3.05) is 18.0 Å². The molecule has 1 heterocycles. The molecule has 1 fully saturated rings. The largest absolute Gasteiger partial charge is 0.371 e. The summed E-state index contributed by atoms with van der Waals surface area (Å²) in [5.74, 6) is 0.762. The molecule has 2 N–H and O–H groups in total. The van der Waals surface area contributed by atoms with E-state index in [1.54, 1.807) is 6.92 Å². The molecule has 0 amide bonds. The van der Waals surface area contributed by atoms with Crippen molar-refractivity contribution in [3.05, 3.63) is 29.8 Å². The Morgan fingerprint density at radius 3 is 2.61 bits per heavy atom. The quantitative estimate of drug-likeness (QED) is 0.833. The second kappa shape index (κ2) is 5.53. The summed E-state index contributed by atoms with van der Waals surface area (Å²) in [5.41, 5.74) is 7.53. The summed E-state index contributed by atoms with van der Waals surface area (Å²) in [6.45, 7) is 6.24. The molecule has 2 unspecified atom stereocenters. The number of Topliss-reactive ketones (excluding diaryl/α,β-unsaturated/α-hetero) is 1. The summed E-state index contributed by atoms with van der Waals surface area (Å²) in [6, 6.07) is 7.42. The predicted octanol–water partition coefficient (Wildman–Crippen LogP) is 2.45. The number of piperidine rings is 1. The van der Waals surface area contributed by atoms with Gasteiger partial charge in [-0.05, 0) is 49.9 Å². The zero-order valence-electron chi connectivity index (χ0n) is 11.2. The topological polar surface area (TPSA) is 46.3 Å². The highest BCUT2D eigenvalue weighted by molar-refractivity contribution is 5.99. The molecule has 0 spiro atoms. The van der Waals surface area contributed by atoms with Crippen molar-refractivity contribution in [1.82, 2.24) is 0 Å². The van der Waals surface area contributed by atoms with Crippen molar-refractivity contribution in [2.24, 2.45) is 11.7 Å². The number of nitrogens with zero attached hydrogens (tertiary/aromatic N) is 1. The Morgan fingerprint density at radius 1 is 1.39 bits per heavy atom. The maximum absolute atomic E-state index is 11.7. The van der Waals surface area contributed by atoms with Gasteiger partial charge in [-0.1, -0.05) is 6.92 Å². The number of anilines is 1. The minimum absolute atomic E-state index is 0.00793. The third-order valence-electron chi connectivity index (χ3n) is 3.59. The fourth-order valence-corrected chi connectivity index (χ4v) is 2.52. The van der Waals surface area contributed by atoms with Gasteiger partial charge in [0.2, 0.25) is 0 Å². The molecule has 0 saturated carbocycles. The molecule has 0 bridgehead atoms. The number of ketones is 1. The van der Waals surface area contributed by atoms with E-state index in [1.165, 1.54) is 18.5 Å². The van der Waals surface area contributed by atoms with E-state index in [4.69, 9.17) is 5.73 Å². The van der Waals surface area contributed by atoms with E-state index in [0.717, 1.165) is 19.0 Å². The van der Waals surface area contributed by atoms with Gasteiger partial charge in [-0.25, -0.2) is 0 Å². The van der Waals surface area contributed by atoms with Crippen LogP contribution in [0.3, 0.4) is 0 Å². The Kier molecular flexibility index (Phi) is 4.02. The van der Waals surface area contributed by atoms with Crippen molar-refractivity contribution in [2.45, 2.75) is 32.7 Å². The van der Waals surface area contributed by atoms with Crippen LogP contribution in [0.1, 0.15) is 37.0 Å². The van der Waals surface area contributed by atoms with Crippen molar-refractivity contribution in [1.29, 1.82) is 0 Å². The van der Waals surface area contributed by atoms with Gasteiger partial charge < -0.3 is 10.6 Å². The van der Waals surface area contributed by atoms with Crippen molar-refractivity contribution in [3.8, 4) is 0 Å². The highest BCUT2D eigenvalue weighted by Gasteiger charge is 2.17. The van der Waals surface area contributed by atoms with Gasteiger partial charge in [-0.2, -0.15) is 0 Å². The second-order valence-corrected chi connectivity index (χ2v) is 5.39. The molecule has 1 aromatic carbocycles. The Hall–Kier alpha value is -1.35. The van der Waals surface area contributed by atoms with Gasteiger partial charge >= 0.3 is 0 Å². The average molecular weight is 246 g/mol. The molecule has 3 heteroatoms. The van der Waals surface area contributed by atoms with Gasteiger partial charge in [-0.3, -0.25) is 4.79 Å². The monoisotopic (exact) mass is 246 g/mol. The zero-order chi connectivity index (χ0) is 13.1. The SMILES string of the molecule is CC1CCCN(c2ccc(C(=O)C(C)N)cc2)C1. The van der Waals surface area contributed by atoms with Crippen molar-refractivity contribution < 1.29 is 4.79 Å². The third-order valence-corrected chi connectivity index (χ3v) is 3.59. The molecule has 3 nitrogen and oxygen atoms in total. The lowest BCUT2D eigenvalue weighted by atomic mass is 9.99. The fraction of sp³-hybridized carbons (Fsp3) is 0.533. The molecule has 98 valence electrons. The van der Waals surface area contributed by atoms with Crippen LogP contribution in [0.15, 0.2) is 24.3 Å². The van der Waals surface area contributed by atoms with Gasteiger partial charge in [0.25, 0.3) is 0 Å². The lowest BCUT2D eigenvalue weighted by Gasteiger charge is -2.32. The first kappa shape index (κ1) is 13.1. The smallest absolute Gasteiger partial charge is 0.179 e. The number of carbonyl (C=O) groups excluding carboxylic acids is 1. The Balaban J connectivity index is 2.10. The fourth-order valence-electron chi connectivity index (χ4n) is 2.52. The number of hydrogen-bond donors (Lipinski definition) is 1. The van der Waals surface area contributed by atoms with Crippen LogP contribution in [0.25, 0.3) is 0 Å². The lowest BCUT2D eigenvalue weighted by molar-refractivity contribution is 0.0968. The van der Waals surface area contributed by atoms with Crippen molar-refractivity contribution >= 4 is 11.5 Å². The summed E-state index contributed by atoms with van der Waals surface area (Å²) in [4.78, 5) is 14.1. The minimum Gasteiger partial charge on any atom is -0.371 e. The van der Waals surface area contributed by atoms with E-state index >= 15 is 0 Å². The van der Waals surface area contributed by atoms with E-state index in [-0.39, 0.29) is 5.78 Å². The highest BCUT2D eigenvalue weighted by atomic mass is 16.1. The average Bonchev–Trinajstić information content (AvgIpc) is 2.38. The highest BCUT2D eigenvalue weighted by Crippen LogP contribution is 2.23. The number of benzene rings is 1. The van der Waals surface area contributed by atoms with Gasteiger partial charge in [0.15, 0.2) is 5.78 Å². The first-order valence-corrected chi connectivity index (χ1v) is 6.72. The summed E-state index contributed by atoms with van der Waals surface area (Å²) in [6.07, 6.45) is 2.57. The van der Waals surface area contributed by atoms with Crippen LogP contribution in [0.2, 0.25) is 0 Å². The van der Waals surface area contributed by atoms with Crippen LogP contribution >= 0.6 is 0 Å². The van der Waals surface area contributed by atoms with E-state index in [9.17, 15) is 4.79 Å². The molecule has 0 radical (unpaired) electrons. The Bertz CT molecular complexity index is 411. The van der Waals surface area contributed by atoms with Gasteiger partial charge in [-0.15, -0.1) is 0 Å². The normalized spacial score (nSPS) is 21.7. The first-order valence-electron chi connectivity index (χ1n) is 6.72. The van der Waals surface area contributed by atoms with Gasteiger partial charge in [0.05, 0.1) is 6.04 Å². The van der Waals surface area contributed by atoms with Crippen LogP contribution in [0, 0.1) is 5.92 Å². The minimum atomic E-state index is -0.425. The number of carbonyl (C=O) groups is 1. The van der Waals surface area contributed by atoms with Crippen LogP contribution in [-0.4, -0.2) is 24.9 Å². The number of hydrogen-bond acceptors (Lipinski definition) is 3. The summed E-state index contributed by atoms with van der Waals surface area (Å²) < 4.78 is 0. The maximum Gasteiger partial charge on any atom is 0.179 e. The second-order valence-electron chi connectivity index (χ2n) is 5.39. The van der Waals surface area contributed by atoms with Crippen LogP contribution in [-0.2, 0) is 0 Å². The molecule has 1 aliphatic rings. The zero-order valence-corrected chi connectivity index (χ0v) is 11.2. The van der Waals surface area contributed by atoms with E-state index in [2.05, 4.69) is 11.8 Å². The van der Waals surface area contributed by atoms with Crippen molar-refractivity contribution in [3.63, 3.8) is 0 Å². The van der Waals surface area contributed by atoms with E-state index in [1.807, 2.05) is 24.3 Å². The van der Waals surface area contributed by atoms with E-state index < -0.39 is 6.04 Å². The molecule has 1 saturated heterocycles. The van der Waals surface area contributed by atoms with Gasteiger partial charge in [0.1, 0.15) is 0 Å². The molecule has 1 aliphatic heterocycles. The lowest BCUT2D eigenvalue weighted by Crippen LogP contribution is -2.34. The molecule has 2 rings (SSSR count). The van der Waals surface area contributed by atoms with E-state index in [0.29, 0.717) is 5.56 Å². The van der Waals surface area contributed by atoms with Crippen LogP contribution < -0.4 is 10.6 Å². The maximum atomic E-state index is 11.7. The number of rotatable bonds is 3. The number of nitrogens with two attached hydrogens (primary N) is 1.